The van der Waals surface area contributed by atoms with Crippen LogP contribution >= 0.6 is 0 Å². The second-order valence-electron chi connectivity index (χ2n) is 2.17. The van der Waals surface area contributed by atoms with Crippen LogP contribution in [0.15, 0.2) is 18.7 Å². The van der Waals surface area contributed by atoms with Crippen molar-refractivity contribution in [2.75, 3.05) is 17.2 Å². The molecule has 0 aromatic carbocycles. The van der Waals surface area contributed by atoms with Gasteiger partial charge in [0.15, 0.2) is 0 Å². The average molecular weight is 194 g/mol. The first-order chi connectivity index (χ1) is 6.68. The molecule has 0 aliphatic rings. The summed E-state index contributed by atoms with van der Waals surface area (Å²) in [6.45, 7) is 0. The molecule has 0 unspecified atom stereocenters. The van der Waals surface area contributed by atoms with Gasteiger partial charge in [-0.05, 0) is 0 Å². The van der Waals surface area contributed by atoms with Crippen LogP contribution in [0.2, 0.25) is 0 Å². The lowest BCUT2D eigenvalue weighted by Gasteiger charge is -1.93. The first-order valence-electron chi connectivity index (χ1n) is 3.63. The zero-order valence-electron chi connectivity index (χ0n) is 7.25. The quantitative estimate of drug-likeness (QED) is 0.422. The van der Waals surface area contributed by atoms with Crippen LogP contribution in [0.5, 0.6) is 0 Å². The molecule has 0 aliphatic carbocycles. The highest BCUT2D eigenvalue weighted by Crippen LogP contribution is 1.97. The van der Waals surface area contributed by atoms with Crippen molar-refractivity contribution in [3.05, 3.63) is 18.7 Å². The molecule has 0 amide bonds. The van der Waals surface area contributed by atoms with Crippen molar-refractivity contribution in [3.8, 4) is 0 Å². The molecule has 2 rings (SSSR count). The monoisotopic (exact) mass is 194 g/mol. The van der Waals surface area contributed by atoms with E-state index in [0.717, 1.165) is 0 Å². The number of anilines is 3. The Balaban J connectivity index is 0.000000165. The van der Waals surface area contributed by atoms with Crippen molar-refractivity contribution in [1.29, 1.82) is 0 Å². The molecule has 0 fully saturated rings. The van der Waals surface area contributed by atoms with Gasteiger partial charge in [-0.3, -0.25) is 0 Å². The second kappa shape index (κ2) is 4.60. The van der Waals surface area contributed by atoms with Gasteiger partial charge in [-0.1, -0.05) is 0 Å². The zero-order chi connectivity index (χ0) is 10.4. The van der Waals surface area contributed by atoms with E-state index < -0.39 is 0 Å². The topological polar surface area (TPSA) is 145 Å². The second-order valence-corrected chi connectivity index (χ2v) is 2.17. The molecular weight excluding hydrogens is 184 g/mol. The molecule has 0 radical (unpaired) electrons. The van der Waals surface area contributed by atoms with Gasteiger partial charge in [0.2, 0.25) is 17.8 Å². The number of nitrogens with one attached hydrogen (secondary N) is 1. The van der Waals surface area contributed by atoms with Gasteiger partial charge < -0.3 is 22.2 Å². The fraction of sp³-hybridized carbons (Fsp3) is 0. The molecule has 14 heavy (non-hydrogen) atoms. The Morgan fingerprint density at radius 2 is 1.43 bits per heavy atom. The fourth-order valence-corrected chi connectivity index (χ4v) is 0.642. The number of aromatic amines is 1. The summed E-state index contributed by atoms with van der Waals surface area (Å²) in [5.74, 6) is 0.125. The third kappa shape index (κ3) is 3.34. The Morgan fingerprint density at radius 3 is 1.64 bits per heavy atom. The highest BCUT2D eigenvalue weighted by atomic mass is 15.2. The molecule has 0 saturated carbocycles. The SMILES string of the molecule is Nc1nc(N)nc(N)n1.c1c[nH]cn1. The van der Waals surface area contributed by atoms with E-state index in [2.05, 4.69) is 24.9 Å². The summed E-state index contributed by atoms with van der Waals surface area (Å²) in [4.78, 5) is 16.9. The van der Waals surface area contributed by atoms with E-state index in [1.807, 2.05) is 0 Å². The minimum atomic E-state index is 0.0417. The van der Waals surface area contributed by atoms with Crippen molar-refractivity contribution in [2.24, 2.45) is 0 Å². The lowest BCUT2D eigenvalue weighted by atomic mass is 10.9. The molecule has 74 valence electrons. The molecule has 0 aliphatic heterocycles. The van der Waals surface area contributed by atoms with Crippen LogP contribution in [0.3, 0.4) is 0 Å². The normalized spacial score (nSPS) is 8.86. The molecule has 0 atom stereocenters. The maximum atomic E-state index is 5.14. The number of nitrogens with two attached hydrogens (primary N) is 3. The van der Waals surface area contributed by atoms with Crippen LogP contribution in [0.25, 0.3) is 0 Å². The maximum absolute atomic E-state index is 5.14. The lowest BCUT2D eigenvalue weighted by molar-refractivity contribution is 1.09. The van der Waals surface area contributed by atoms with E-state index >= 15 is 0 Å². The Kier molecular flexibility index (Phi) is 3.19. The summed E-state index contributed by atoms with van der Waals surface area (Å²) in [7, 11) is 0. The number of hydrogen-bond acceptors (Lipinski definition) is 7. The molecule has 0 saturated heterocycles. The number of nitrogens with zero attached hydrogens (tertiary/aromatic N) is 4. The third-order valence-corrected chi connectivity index (χ3v) is 1.09. The van der Waals surface area contributed by atoms with Crippen molar-refractivity contribution in [3.63, 3.8) is 0 Å². The predicted molar refractivity (Wildman–Crippen MR) is 51.7 cm³/mol. The molecular formula is C6H10N8. The van der Waals surface area contributed by atoms with E-state index in [9.17, 15) is 0 Å². The Hall–Kier alpha value is -2.38. The van der Waals surface area contributed by atoms with Crippen molar-refractivity contribution in [2.45, 2.75) is 0 Å². The predicted octanol–water partition coefficient (Wildman–Crippen LogP) is -0.972. The summed E-state index contributed by atoms with van der Waals surface area (Å²) < 4.78 is 0. The Labute approximate surface area is 79.6 Å². The third-order valence-electron chi connectivity index (χ3n) is 1.09. The highest BCUT2D eigenvalue weighted by Gasteiger charge is 1.93. The largest absolute Gasteiger partial charge is 0.368 e. The van der Waals surface area contributed by atoms with Crippen LogP contribution in [0.4, 0.5) is 17.8 Å². The van der Waals surface area contributed by atoms with Gasteiger partial charge >= 0.3 is 0 Å². The van der Waals surface area contributed by atoms with Gasteiger partial charge in [-0.2, -0.15) is 15.0 Å². The van der Waals surface area contributed by atoms with Gasteiger partial charge in [-0.25, -0.2) is 4.98 Å². The van der Waals surface area contributed by atoms with Gasteiger partial charge in [0.1, 0.15) is 0 Å². The summed E-state index contributed by atoms with van der Waals surface area (Å²) >= 11 is 0. The maximum Gasteiger partial charge on any atom is 0.226 e. The molecule has 0 bridgehead atoms. The smallest absolute Gasteiger partial charge is 0.226 e. The van der Waals surface area contributed by atoms with E-state index in [1.165, 1.54) is 0 Å². The molecule has 7 N–H and O–H groups in total. The number of H-pyrrole nitrogens is 1. The average Bonchev–Trinajstić information content (AvgIpc) is 2.56. The van der Waals surface area contributed by atoms with Crippen molar-refractivity contribution >= 4 is 17.8 Å². The van der Waals surface area contributed by atoms with Crippen LogP contribution in [-0.4, -0.2) is 24.9 Å². The van der Waals surface area contributed by atoms with Crippen molar-refractivity contribution in [1.82, 2.24) is 24.9 Å². The number of nitrogen functional groups attached to an aromatic ring is 3. The van der Waals surface area contributed by atoms with Gasteiger partial charge in [-0.15, -0.1) is 0 Å². The summed E-state index contributed by atoms with van der Waals surface area (Å²) in [5, 5.41) is 0. The van der Waals surface area contributed by atoms with Gasteiger partial charge in [0.25, 0.3) is 0 Å². The number of aromatic nitrogens is 5. The van der Waals surface area contributed by atoms with E-state index in [0.29, 0.717) is 0 Å². The number of imidazole rings is 1. The van der Waals surface area contributed by atoms with E-state index in [1.54, 1.807) is 18.7 Å². The van der Waals surface area contributed by atoms with Crippen LogP contribution in [0.1, 0.15) is 0 Å². The lowest BCUT2D eigenvalue weighted by Crippen LogP contribution is -2.05. The molecule has 8 nitrogen and oxygen atoms in total. The Morgan fingerprint density at radius 1 is 0.929 bits per heavy atom. The summed E-state index contributed by atoms with van der Waals surface area (Å²) in [6.07, 6.45) is 5.08. The van der Waals surface area contributed by atoms with Crippen LogP contribution in [-0.2, 0) is 0 Å². The minimum absolute atomic E-state index is 0.0417. The van der Waals surface area contributed by atoms with Crippen LogP contribution < -0.4 is 17.2 Å². The summed E-state index contributed by atoms with van der Waals surface area (Å²) in [6, 6.07) is 0. The minimum Gasteiger partial charge on any atom is -0.368 e. The first-order valence-corrected chi connectivity index (χ1v) is 3.63. The molecule has 2 aromatic heterocycles. The molecule has 2 aromatic rings. The zero-order valence-corrected chi connectivity index (χ0v) is 7.25. The summed E-state index contributed by atoms with van der Waals surface area (Å²) in [5.41, 5.74) is 15.4. The molecule has 8 heteroatoms. The standard InChI is InChI=1S/C3H6N6.C3H4N2/c4-1-7-2(5)9-3(6)8-1;1-2-5-3-4-1/h(H6,4,5,6,7,8,9);1-3H,(H,4,5). The fourth-order valence-electron chi connectivity index (χ4n) is 0.642. The molecule has 0 spiro atoms. The van der Waals surface area contributed by atoms with Gasteiger partial charge in [0.05, 0.1) is 6.33 Å². The van der Waals surface area contributed by atoms with E-state index in [-0.39, 0.29) is 17.8 Å². The Bertz CT molecular complexity index is 302. The van der Waals surface area contributed by atoms with E-state index in [4.69, 9.17) is 17.2 Å². The van der Waals surface area contributed by atoms with Crippen LogP contribution in [0, 0.1) is 0 Å². The first kappa shape index (κ1) is 9.71. The number of hydrogen-bond donors (Lipinski definition) is 4. The molecule has 2 heterocycles. The highest BCUT2D eigenvalue weighted by molar-refractivity contribution is 5.33. The van der Waals surface area contributed by atoms with Gasteiger partial charge in [0, 0.05) is 12.4 Å². The number of rotatable bonds is 0. The van der Waals surface area contributed by atoms with Crippen molar-refractivity contribution < 1.29 is 0 Å².